The molecule has 3 heterocycles. The second-order valence-electron chi connectivity index (χ2n) is 5.57. The second kappa shape index (κ2) is 6.57. The quantitative estimate of drug-likeness (QED) is 0.599. The molecule has 0 spiro atoms. The van der Waals surface area contributed by atoms with Crippen LogP contribution >= 0.6 is 11.6 Å². The van der Waals surface area contributed by atoms with E-state index in [-0.39, 0.29) is 11.6 Å². The van der Waals surface area contributed by atoms with Crippen molar-refractivity contribution in [2.75, 3.05) is 5.32 Å². The summed E-state index contributed by atoms with van der Waals surface area (Å²) in [6.45, 7) is 0.354. The molecule has 0 aliphatic heterocycles. The molecule has 0 bridgehead atoms. The first-order valence-electron chi connectivity index (χ1n) is 7.66. The standard InChI is InChI=1S/C17H12ClFN6O/c18-14-6-12(19)3-2-11(14)9-24-10-13(8-21-24)22-17(26)15-7-16-20-4-1-5-25(16)23-15/h1-8,10H,9H2,(H,22,26). The molecule has 3 aromatic heterocycles. The Morgan fingerprint density at radius 1 is 1.31 bits per heavy atom. The SMILES string of the molecule is O=C(Nc1cnn(Cc2ccc(F)cc2Cl)c1)c1cc2ncccn2n1. The summed E-state index contributed by atoms with van der Waals surface area (Å²) in [5.41, 5.74) is 2.07. The third-order valence-electron chi connectivity index (χ3n) is 3.71. The van der Waals surface area contributed by atoms with Crippen molar-refractivity contribution in [3.8, 4) is 0 Å². The van der Waals surface area contributed by atoms with Crippen LogP contribution in [0.3, 0.4) is 0 Å². The van der Waals surface area contributed by atoms with Gasteiger partial charge >= 0.3 is 0 Å². The Labute approximate surface area is 152 Å². The normalized spacial score (nSPS) is 11.0. The van der Waals surface area contributed by atoms with Crippen LogP contribution in [0.25, 0.3) is 5.65 Å². The van der Waals surface area contributed by atoms with Gasteiger partial charge in [0.1, 0.15) is 5.82 Å². The first-order chi connectivity index (χ1) is 12.6. The highest BCUT2D eigenvalue weighted by atomic mass is 35.5. The number of hydrogen-bond donors (Lipinski definition) is 1. The molecule has 4 aromatic rings. The van der Waals surface area contributed by atoms with Crippen molar-refractivity contribution in [1.29, 1.82) is 0 Å². The summed E-state index contributed by atoms with van der Waals surface area (Å²) in [5, 5.41) is 11.4. The third kappa shape index (κ3) is 3.27. The molecule has 4 rings (SSSR count). The Morgan fingerprint density at radius 2 is 2.19 bits per heavy atom. The first-order valence-corrected chi connectivity index (χ1v) is 8.04. The maximum absolute atomic E-state index is 13.1. The fourth-order valence-electron chi connectivity index (χ4n) is 2.48. The third-order valence-corrected chi connectivity index (χ3v) is 4.06. The van der Waals surface area contributed by atoms with Crippen molar-refractivity contribution in [1.82, 2.24) is 24.4 Å². The molecule has 1 aromatic carbocycles. The highest BCUT2D eigenvalue weighted by Crippen LogP contribution is 2.19. The molecule has 0 saturated carbocycles. The van der Waals surface area contributed by atoms with E-state index in [9.17, 15) is 9.18 Å². The zero-order chi connectivity index (χ0) is 18.1. The molecule has 130 valence electrons. The molecule has 0 radical (unpaired) electrons. The van der Waals surface area contributed by atoms with Gasteiger partial charge in [-0.15, -0.1) is 0 Å². The van der Waals surface area contributed by atoms with E-state index >= 15 is 0 Å². The van der Waals surface area contributed by atoms with Gasteiger partial charge in [-0.1, -0.05) is 17.7 Å². The van der Waals surface area contributed by atoms with Crippen LogP contribution in [0, 0.1) is 5.82 Å². The lowest BCUT2D eigenvalue weighted by atomic mass is 10.2. The van der Waals surface area contributed by atoms with E-state index in [1.54, 1.807) is 41.5 Å². The van der Waals surface area contributed by atoms with Crippen LogP contribution in [0.15, 0.2) is 55.1 Å². The van der Waals surface area contributed by atoms with Crippen LogP contribution in [0.2, 0.25) is 5.02 Å². The summed E-state index contributed by atoms with van der Waals surface area (Å²) < 4.78 is 16.2. The molecule has 0 atom stereocenters. The van der Waals surface area contributed by atoms with Crippen LogP contribution in [0.1, 0.15) is 16.1 Å². The number of benzene rings is 1. The number of anilines is 1. The number of halogens is 2. The van der Waals surface area contributed by atoms with Crippen molar-refractivity contribution in [3.05, 3.63) is 77.2 Å². The van der Waals surface area contributed by atoms with E-state index in [4.69, 9.17) is 11.6 Å². The second-order valence-corrected chi connectivity index (χ2v) is 5.98. The molecule has 26 heavy (non-hydrogen) atoms. The Morgan fingerprint density at radius 3 is 3.00 bits per heavy atom. The van der Waals surface area contributed by atoms with E-state index in [1.165, 1.54) is 22.8 Å². The zero-order valence-electron chi connectivity index (χ0n) is 13.3. The van der Waals surface area contributed by atoms with Gasteiger partial charge in [-0.3, -0.25) is 9.48 Å². The van der Waals surface area contributed by atoms with Crippen LogP contribution in [0.4, 0.5) is 10.1 Å². The fraction of sp³-hybridized carbons (Fsp3) is 0.0588. The van der Waals surface area contributed by atoms with Gasteiger partial charge in [0.15, 0.2) is 11.3 Å². The number of nitrogens with one attached hydrogen (secondary N) is 1. The first kappa shape index (κ1) is 16.2. The minimum atomic E-state index is -0.394. The Hall–Kier alpha value is -3.26. The Kier molecular flexibility index (Phi) is 4.10. The number of amides is 1. The molecular weight excluding hydrogens is 359 g/mol. The maximum Gasteiger partial charge on any atom is 0.276 e. The van der Waals surface area contributed by atoms with Gasteiger partial charge in [0, 0.05) is 29.7 Å². The number of hydrogen-bond acceptors (Lipinski definition) is 4. The van der Waals surface area contributed by atoms with Crippen molar-refractivity contribution in [2.45, 2.75) is 6.54 Å². The van der Waals surface area contributed by atoms with Crippen molar-refractivity contribution >= 4 is 28.8 Å². The minimum Gasteiger partial charge on any atom is -0.318 e. The monoisotopic (exact) mass is 370 g/mol. The number of fused-ring (bicyclic) bond motifs is 1. The van der Waals surface area contributed by atoms with E-state index in [0.717, 1.165) is 5.56 Å². The minimum absolute atomic E-state index is 0.248. The molecule has 0 unspecified atom stereocenters. The number of rotatable bonds is 4. The molecule has 1 amide bonds. The van der Waals surface area contributed by atoms with Gasteiger partial charge in [-0.05, 0) is 23.8 Å². The van der Waals surface area contributed by atoms with Gasteiger partial charge in [-0.25, -0.2) is 13.9 Å². The molecule has 0 saturated heterocycles. The summed E-state index contributed by atoms with van der Waals surface area (Å²) in [7, 11) is 0. The van der Waals surface area contributed by atoms with E-state index in [0.29, 0.717) is 22.9 Å². The van der Waals surface area contributed by atoms with Gasteiger partial charge in [-0.2, -0.15) is 10.2 Å². The molecule has 0 aliphatic rings. The molecule has 9 heteroatoms. The number of aromatic nitrogens is 5. The van der Waals surface area contributed by atoms with Crippen LogP contribution in [0.5, 0.6) is 0 Å². The highest BCUT2D eigenvalue weighted by Gasteiger charge is 2.13. The lowest BCUT2D eigenvalue weighted by Gasteiger charge is -2.04. The number of carbonyl (C=O) groups is 1. The number of carbonyl (C=O) groups excluding carboxylic acids is 1. The van der Waals surface area contributed by atoms with Crippen molar-refractivity contribution in [3.63, 3.8) is 0 Å². The molecular formula is C17H12ClFN6O. The predicted octanol–water partition coefficient (Wildman–Crippen LogP) is 3.02. The lowest BCUT2D eigenvalue weighted by Crippen LogP contribution is -2.12. The summed E-state index contributed by atoms with van der Waals surface area (Å²) in [6, 6.07) is 7.51. The van der Waals surface area contributed by atoms with Gasteiger partial charge in [0.25, 0.3) is 5.91 Å². The van der Waals surface area contributed by atoms with Crippen molar-refractivity contribution in [2.24, 2.45) is 0 Å². The highest BCUT2D eigenvalue weighted by molar-refractivity contribution is 6.31. The largest absolute Gasteiger partial charge is 0.318 e. The Balaban J connectivity index is 1.48. The van der Waals surface area contributed by atoms with E-state index < -0.39 is 5.82 Å². The van der Waals surface area contributed by atoms with Gasteiger partial charge in [0.05, 0.1) is 18.4 Å². The topological polar surface area (TPSA) is 77.1 Å². The molecule has 0 aliphatic carbocycles. The summed E-state index contributed by atoms with van der Waals surface area (Å²) >= 11 is 6.02. The average molecular weight is 371 g/mol. The summed E-state index contributed by atoms with van der Waals surface area (Å²) in [6.07, 6.45) is 6.52. The van der Waals surface area contributed by atoms with Crippen molar-refractivity contribution < 1.29 is 9.18 Å². The molecule has 1 N–H and O–H groups in total. The van der Waals surface area contributed by atoms with Crippen LogP contribution in [-0.2, 0) is 6.54 Å². The zero-order valence-corrected chi connectivity index (χ0v) is 14.1. The molecule has 7 nitrogen and oxygen atoms in total. The molecule has 0 fully saturated rings. The van der Waals surface area contributed by atoms with Gasteiger partial charge in [0.2, 0.25) is 0 Å². The van der Waals surface area contributed by atoms with Gasteiger partial charge < -0.3 is 5.32 Å². The summed E-state index contributed by atoms with van der Waals surface area (Å²) in [4.78, 5) is 16.4. The fourth-order valence-corrected chi connectivity index (χ4v) is 2.70. The lowest BCUT2D eigenvalue weighted by molar-refractivity contribution is 0.102. The predicted molar refractivity (Wildman–Crippen MR) is 93.7 cm³/mol. The van der Waals surface area contributed by atoms with Crippen LogP contribution in [-0.4, -0.2) is 30.3 Å². The summed E-state index contributed by atoms with van der Waals surface area (Å²) in [5.74, 6) is -0.760. The van der Waals surface area contributed by atoms with E-state index in [2.05, 4.69) is 20.5 Å². The van der Waals surface area contributed by atoms with Crippen LogP contribution < -0.4 is 5.32 Å². The van der Waals surface area contributed by atoms with E-state index in [1.807, 2.05) is 0 Å². The maximum atomic E-state index is 13.1. The number of nitrogens with zero attached hydrogens (tertiary/aromatic N) is 5. The Bertz CT molecular complexity index is 1070. The smallest absolute Gasteiger partial charge is 0.276 e. The average Bonchev–Trinajstić information content (AvgIpc) is 3.24.